The lowest BCUT2D eigenvalue weighted by Gasteiger charge is -2.35. The van der Waals surface area contributed by atoms with Crippen LogP contribution in [0.5, 0.6) is 0 Å². The highest BCUT2D eigenvalue weighted by Gasteiger charge is 2.32. The van der Waals surface area contributed by atoms with Gasteiger partial charge >= 0.3 is 0 Å². The second-order valence-electron chi connectivity index (χ2n) is 9.30. The Bertz CT molecular complexity index is 1160. The first kappa shape index (κ1) is 25.8. The molecule has 0 radical (unpaired) electrons. The molecule has 2 fully saturated rings. The normalized spacial score (nSPS) is 16.8. The van der Waals surface area contributed by atoms with Crippen LogP contribution in [0, 0.1) is 5.41 Å². The van der Waals surface area contributed by atoms with E-state index >= 15 is 0 Å². The van der Waals surface area contributed by atoms with Crippen molar-refractivity contribution >= 4 is 45.2 Å². The number of rotatable bonds is 8. The van der Waals surface area contributed by atoms with Gasteiger partial charge in [-0.1, -0.05) is 6.07 Å². The first-order valence-corrected chi connectivity index (χ1v) is 12.9. The van der Waals surface area contributed by atoms with E-state index in [1.165, 1.54) is 12.8 Å². The molecule has 36 heavy (non-hydrogen) atoms. The van der Waals surface area contributed by atoms with Crippen molar-refractivity contribution in [1.29, 1.82) is 5.41 Å². The summed E-state index contributed by atoms with van der Waals surface area (Å²) in [5, 5.41) is 12.9. The number of amides is 3. The summed E-state index contributed by atoms with van der Waals surface area (Å²) >= 11 is 3.53. The van der Waals surface area contributed by atoms with Crippen molar-refractivity contribution in [1.82, 2.24) is 15.1 Å². The zero-order valence-electron chi connectivity index (χ0n) is 20.2. The first-order chi connectivity index (χ1) is 17.2. The van der Waals surface area contributed by atoms with Gasteiger partial charge in [0.2, 0.25) is 11.8 Å². The Morgan fingerprint density at radius 1 is 1.06 bits per heavy atom. The maximum absolute atomic E-state index is 13.0. The molecule has 1 atom stereocenters. The largest absolute Gasteiger partial charge is 0.384 e. The van der Waals surface area contributed by atoms with Crippen LogP contribution in [0.3, 0.4) is 0 Å². The highest BCUT2D eigenvalue weighted by Crippen LogP contribution is 2.28. The maximum atomic E-state index is 13.0. The van der Waals surface area contributed by atoms with Crippen LogP contribution in [-0.2, 0) is 9.59 Å². The van der Waals surface area contributed by atoms with Gasteiger partial charge in [0.05, 0.1) is 11.6 Å². The van der Waals surface area contributed by atoms with Crippen molar-refractivity contribution in [3.8, 4) is 0 Å². The molecule has 1 unspecified atom stereocenters. The maximum Gasteiger partial charge on any atom is 0.255 e. The molecule has 0 aromatic heterocycles. The SMILES string of the molecule is CC(NC(=O)CC(=O)Nc1ccc(C(=N)N)cc1)c1ccc(C(=O)N2CCN(C3CC3)CC2)c(Br)c1. The van der Waals surface area contributed by atoms with Gasteiger partial charge in [-0.25, -0.2) is 0 Å². The van der Waals surface area contributed by atoms with E-state index in [1.54, 1.807) is 30.3 Å². The predicted molar refractivity (Wildman–Crippen MR) is 142 cm³/mol. The number of nitrogens with one attached hydrogen (secondary N) is 3. The lowest BCUT2D eigenvalue weighted by molar-refractivity contribution is -0.127. The molecule has 1 saturated heterocycles. The zero-order valence-corrected chi connectivity index (χ0v) is 21.8. The standard InChI is InChI=1S/C26H31BrN6O3/c1-16(30-23(34)15-24(35)31-19-5-2-17(3-6-19)25(28)29)18-4-9-21(22(27)14-18)26(36)33-12-10-32(11-13-33)20-7-8-20/h2-6,9,14,16,20H,7-8,10-13,15H2,1H3,(H3,28,29)(H,30,34)(H,31,35). The monoisotopic (exact) mass is 554 g/mol. The third-order valence-corrected chi connectivity index (χ3v) is 7.22. The van der Waals surface area contributed by atoms with Crippen LogP contribution in [0.2, 0.25) is 0 Å². The third kappa shape index (κ3) is 6.50. The van der Waals surface area contributed by atoms with Gasteiger partial charge in [-0.2, -0.15) is 0 Å². The first-order valence-electron chi connectivity index (χ1n) is 12.1. The van der Waals surface area contributed by atoms with Crippen molar-refractivity contribution in [2.75, 3.05) is 31.5 Å². The van der Waals surface area contributed by atoms with Gasteiger partial charge in [0.1, 0.15) is 12.3 Å². The highest BCUT2D eigenvalue weighted by atomic mass is 79.9. The fraction of sp³-hybridized carbons (Fsp3) is 0.385. The molecule has 2 aromatic rings. The minimum absolute atomic E-state index is 0.00793. The van der Waals surface area contributed by atoms with Crippen LogP contribution in [0.4, 0.5) is 5.69 Å². The molecule has 1 aliphatic heterocycles. The van der Waals surface area contributed by atoms with E-state index in [-0.39, 0.29) is 24.2 Å². The van der Waals surface area contributed by atoms with Crippen molar-refractivity contribution in [3.05, 3.63) is 63.6 Å². The minimum Gasteiger partial charge on any atom is -0.384 e. The summed E-state index contributed by atoms with van der Waals surface area (Å²) < 4.78 is 0.683. The lowest BCUT2D eigenvalue weighted by atomic mass is 10.0. The lowest BCUT2D eigenvalue weighted by Crippen LogP contribution is -2.49. The highest BCUT2D eigenvalue weighted by molar-refractivity contribution is 9.10. The minimum atomic E-state index is -0.445. The molecule has 4 rings (SSSR count). The summed E-state index contributed by atoms with van der Waals surface area (Å²) in [7, 11) is 0. The summed E-state index contributed by atoms with van der Waals surface area (Å²) in [6.45, 7) is 5.15. The zero-order chi connectivity index (χ0) is 25.8. The number of carbonyl (C=O) groups is 3. The van der Waals surface area contributed by atoms with Crippen molar-refractivity contribution in [2.45, 2.75) is 38.3 Å². The Morgan fingerprint density at radius 3 is 2.31 bits per heavy atom. The molecule has 1 heterocycles. The number of amidine groups is 1. The summed E-state index contributed by atoms with van der Waals surface area (Å²) in [5.74, 6) is -0.908. The number of hydrogen-bond donors (Lipinski definition) is 4. The summed E-state index contributed by atoms with van der Waals surface area (Å²) in [4.78, 5) is 42.1. The van der Waals surface area contributed by atoms with E-state index in [2.05, 4.69) is 31.5 Å². The molecule has 0 spiro atoms. The van der Waals surface area contributed by atoms with E-state index in [0.29, 0.717) is 21.3 Å². The summed E-state index contributed by atoms with van der Waals surface area (Å²) in [6, 6.07) is 12.3. The van der Waals surface area contributed by atoms with Crippen molar-refractivity contribution in [3.63, 3.8) is 0 Å². The molecule has 1 aliphatic carbocycles. The number of hydrogen-bond acceptors (Lipinski definition) is 5. The average molecular weight is 555 g/mol. The summed E-state index contributed by atoms with van der Waals surface area (Å²) in [6.07, 6.45) is 2.22. The van der Waals surface area contributed by atoms with Crippen LogP contribution >= 0.6 is 15.9 Å². The number of nitrogens with two attached hydrogens (primary N) is 1. The van der Waals surface area contributed by atoms with Crippen LogP contribution in [0.25, 0.3) is 0 Å². The number of benzene rings is 2. The van der Waals surface area contributed by atoms with Gasteiger partial charge in [0.15, 0.2) is 0 Å². The Hall–Kier alpha value is -3.24. The van der Waals surface area contributed by atoms with Gasteiger partial charge in [-0.3, -0.25) is 24.7 Å². The van der Waals surface area contributed by atoms with Gasteiger partial charge in [-0.15, -0.1) is 0 Å². The molecule has 190 valence electrons. The smallest absolute Gasteiger partial charge is 0.255 e. The average Bonchev–Trinajstić information content (AvgIpc) is 3.69. The number of anilines is 1. The Labute approximate surface area is 219 Å². The number of carbonyl (C=O) groups excluding carboxylic acids is 3. The molecule has 2 aliphatic rings. The quantitative estimate of drug-likeness (QED) is 0.226. The second kappa shape index (κ2) is 11.2. The second-order valence-corrected chi connectivity index (χ2v) is 10.2. The number of nitrogen functional groups attached to an aromatic ring is 1. The summed E-state index contributed by atoms with van der Waals surface area (Å²) in [5.41, 5.74) is 7.92. The van der Waals surface area contributed by atoms with E-state index in [9.17, 15) is 14.4 Å². The molecule has 3 amide bonds. The van der Waals surface area contributed by atoms with Gasteiger partial charge in [-0.05, 0) is 77.7 Å². The molecular weight excluding hydrogens is 524 g/mol. The molecule has 1 saturated carbocycles. The Balaban J connectivity index is 1.28. The molecule has 10 heteroatoms. The van der Waals surface area contributed by atoms with E-state index in [0.717, 1.165) is 37.8 Å². The number of piperazine rings is 1. The van der Waals surface area contributed by atoms with Gasteiger partial charge in [0.25, 0.3) is 5.91 Å². The van der Waals surface area contributed by atoms with Crippen molar-refractivity contribution in [2.24, 2.45) is 5.73 Å². The Kier molecular flexibility index (Phi) is 8.05. The van der Waals surface area contributed by atoms with Crippen molar-refractivity contribution < 1.29 is 14.4 Å². The van der Waals surface area contributed by atoms with Crippen LogP contribution in [0.1, 0.15) is 53.7 Å². The molecule has 9 nitrogen and oxygen atoms in total. The third-order valence-electron chi connectivity index (χ3n) is 6.57. The van der Waals surface area contributed by atoms with E-state index in [4.69, 9.17) is 11.1 Å². The number of nitrogens with zero attached hydrogens (tertiary/aromatic N) is 2. The molecule has 5 N–H and O–H groups in total. The topological polar surface area (TPSA) is 132 Å². The van der Waals surface area contributed by atoms with E-state index in [1.807, 2.05) is 24.0 Å². The number of halogens is 1. The predicted octanol–water partition coefficient (Wildman–Crippen LogP) is 2.86. The molecule has 0 bridgehead atoms. The van der Waals surface area contributed by atoms with Crippen LogP contribution in [0.15, 0.2) is 46.9 Å². The fourth-order valence-electron chi connectivity index (χ4n) is 4.33. The molecule has 2 aromatic carbocycles. The Morgan fingerprint density at radius 2 is 1.72 bits per heavy atom. The van der Waals surface area contributed by atoms with Gasteiger partial charge < -0.3 is 21.3 Å². The fourth-order valence-corrected chi connectivity index (χ4v) is 4.90. The molecular formula is C26H31BrN6O3. The van der Waals surface area contributed by atoms with Gasteiger partial charge in [0, 0.05) is 47.9 Å². The van der Waals surface area contributed by atoms with E-state index < -0.39 is 11.8 Å². The van der Waals surface area contributed by atoms with Crippen LogP contribution < -0.4 is 16.4 Å². The van der Waals surface area contributed by atoms with Crippen LogP contribution in [-0.4, -0.2) is 65.6 Å².